The number of hydrogen-bond donors (Lipinski definition) is 2. The summed E-state index contributed by atoms with van der Waals surface area (Å²) in [5.74, 6) is 0.189. The highest BCUT2D eigenvalue weighted by Gasteiger charge is 2.27. The number of aromatic nitrogens is 3. The maximum atomic E-state index is 10.5. The summed E-state index contributed by atoms with van der Waals surface area (Å²) in [7, 11) is 1.90. The van der Waals surface area contributed by atoms with E-state index in [9.17, 15) is 10.2 Å². The van der Waals surface area contributed by atoms with Crippen LogP contribution in [0, 0.1) is 0 Å². The molecule has 7 nitrogen and oxygen atoms in total. The van der Waals surface area contributed by atoms with Gasteiger partial charge in [-0.2, -0.15) is 5.10 Å². The van der Waals surface area contributed by atoms with Crippen LogP contribution in [0.15, 0.2) is 78.3 Å². The van der Waals surface area contributed by atoms with Crippen LogP contribution in [0.1, 0.15) is 20.8 Å². The number of pyridine rings is 1. The maximum absolute atomic E-state index is 10.5. The quantitative estimate of drug-likeness (QED) is 0.553. The van der Waals surface area contributed by atoms with Gasteiger partial charge in [0, 0.05) is 79.0 Å². The number of aliphatic hydroxyl groups excluding tert-OH is 2. The molecule has 0 saturated carbocycles. The van der Waals surface area contributed by atoms with E-state index in [1.54, 1.807) is 17.7 Å². The second-order valence-corrected chi connectivity index (χ2v) is 8.80. The summed E-state index contributed by atoms with van der Waals surface area (Å²) in [4.78, 5) is 9.08. The summed E-state index contributed by atoms with van der Waals surface area (Å²) in [5.41, 5.74) is 5.40. The molecular weight excluding hydrogens is 414 g/mol. The summed E-state index contributed by atoms with van der Waals surface area (Å²) in [6, 6.07) is 8.57. The van der Waals surface area contributed by atoms with E-state index >= 15 is 0 Å². The fourth-order valence-corrected chi connectivity index (χ4v) is 4.22. The summed E-state index contributed by atoms with van der Waals surface area (Å²) in [6.45, 7) is 11.8. The third-order valence-electron chi connectivity index (χ3n) is 6.06. The zero-order valence-electron chi connectivity index (χ0n) is 19.7. The van der Waals surface area contributed by atoms with Gasteiger partial charge in [0.1, 0.15) is 5.76 Å². The predicted molar refractivity (Wildman–Crippen MR) is 133 cm³/mol. The molecule has 0 radical (unpaired) electrons. The van der Waals surface area contributed by atoms with Crippen molar-refractivity contribution in [3.05, 3.63) is 78.3 Å². The second-order valence-electron chi connectivity index (χ2n) is 8.80. The molecule has 0 spiro atoms. The number of rotatable bonds is 4. The van der Waals surface area contributed by atoms with E-state index in [0.29, 0.717) is 19.1 Å². The average Bonchev–Trinajstić information content (AvgIpc) is 3.10. The molecule has 0 atom stereocenters. The molecule has 1 aromatic carbocycles. The lowest BCUT2D eigenvalue weighted by Gasteiger charge is -2.27. The number of allylic oxidation sites excluding steroid dienone is 2. The van der Waals surface area contributed by atoms with Crippen molar-refractivity contribution in [2.45, 2.75) is 26.8 Å². The van der Waals surface area contributed by atoms with Crippen LogP contribution < -0.4 is 4.90 Å². The van der Waals surface area contributed by atoms with E-state index in [-0.39, 0.29) is 11.5 Å². The van der Waals surface area contributed by atoms with Crippen molar-refractivity contribution >= 4 is 16.6 Å². The molecule has 0 amide bonds. The first-order valence-corrected chi connectivity index (χ1v) is 11.1. The monoisotopic (exact) mass is 445 g/mol. The second kappa shape index (κ2) is 9.11. The standard InChI is InChI=1S/C26H31N5O2/c1-17(2)30-8-9-31(26(10-18(3)32)24(16-30)19(4)33)23-6-7-25-20(12-23)11-21(13-27-25)22-14-28-29(5)15-22/h6-7,10-15,17,32-33H,3,8-9,16H2,1-2,4-5H3/b24-19+,26-10+. The summed E-state index contributed by atoms with van der Waals surface area (Å²) in [6.07, 6.45) is 7.30. The Kier molecular flexibility index (Phi) is 6.24. The van der Waals surface area contributed by atoms with Crippen molar-refractivity contribution in [2.24, 2.45) is 7.05 Å². The van der Waals surface area contributed by atoms with E-state index in [1.165, 1.54) is 0 Å². The average molecular weight is 446 g/mol. The van der Waals surface area contributed by atoms with Gasteiger partial charge in [0.25, 0.3) is 0 Å². The number of aryl methyl sites for hydroxylation is 1. The van der Waals surface area contributed by atoms with Crippen molar-refractivity contribution in [1.82, 2.24) is 19.7 Å². The number of hydrogen-bond acceptors (Lipinski definition) is 6. The number of nitrogens with zero attached hydrogens (tertiary/aromatic N) is 5. The van der Waals surface area contributed by atoms with Gasteiger partial charge in [0.15, 0.2) is 0 Å². The molecule has 0 bridgehead atoms. The van der Waals surface area contributed by atoms with E-state index in [0.717, 1.165) is 45.5 Å². The van der Waals surface area contributed by atoms with Crippen molar-refractivity contribution in [3.63, 3.8) is 0 Å². The highest BCUT2D eigenvalue weighted by molar-refractivity contribution is 5.87. The highest BCUT2D eigenvalue weighted by atomic mass is 16.3. The van der Waals surface area contributed by atoms with E-state index in [4.69, 9.17) is 0 Å². The molecule has 0 aliphatic carbocycles. The van der Waals surface area contributed by atoms with Crippen LogP contribution >= 0.6 is 0 Å². The molecule has 172 valence electrons. The fourth-order valence-electron chi connectivity index (χ4n) is 4.22. The van der Waals surface area contributed by atoms with Crippen molar-refractivity contribution in [2.75, 3.05) is 24.5 Å². The highest BCUT2D eigenvalue weighted by Crippen LogP contribution is 2.32. The first-order chi connectivity index (χ1) is 15.7. The first kappa shape index (κ1) is 22.6. The van der Waals surface area contributed by atoms with Crippen LogP contribution in [-0.2, 0) is 7.05 Å². The number of benzene rings is 1. The SMILES string of the molecule is C=C(O)/C=C1\C(=C(/C)O)CN(C(C)C)CCN1c1ccc2ncc(-c3cnn(C)c3)cc2c1. The number of anilines is 1. The lowest BCUT2D eigenvalue weighted by molar-refractivity contribution is 0.250. The van der Waals surface area contributed by atoms with E-state index in [1.807, 2.05) is 37.8 Å². The number of fused-ring (bicyclic) bond motifs is 1. The van der Waals surface area contributed by atoms with Gasteiger partial charge in [0.2, 0.25) is 0 Å². The molecule has 33 heavy (non-hydrogen) atoms. The summed E-state index contributed by atoms with van der Waals surface area (Å²) >= 11 is 0. The lowest BCUT2D eigenvalue weighted by Crippen LogP contribution is -2.35. The van der Waals surface area contributed by atoms with E-state index in [2.05, 4.69) is 52.4 Å². The summed E-state index contributed by atoms with van der Waals surface area (Å²) in [5, 5.41) is 25.9. The first-order valence-electron chi connectivity index (χ1n) is 11.1. The van der Waals surface area contributed by atoms with Crippen LogP contribution in [0.2, 0.25) is 0 Å². The van der Waals surface area contributed by atoms with Crippen molar-refractivity contribution in [3.8, 4) is 11.1 Å². The van der Waals surface area contributed by atoms with Crippen molar-refractivity contribution in [1.29, 1.82) is 0 Å². The Morgan fingerprint density at radius 2 is 1.91 bits per heavy atom. The Hall–Kier alpha value is -3.58. The lowest BCUT2D eigenvalue weighted by atomic mass is 10.1. The Morgan fingerprint density at radius 3 is 2.55 bits per heavy atom. The molecule has 3 aromatic rings. The van der Waals surface area contributed by atoms with Gasteiger partial charge in [0.05, 0.1) is 23.2 Å². The Bertz CT molecular complexity index is 1250. The molecule has 1 saturated heterocycles. The van der Waals surface area contributed by atoms with Crippen LogP contribution in [0.4, 0.5) is 5.69 Å². The molecule has 1 fully saturated rings. The number of aliphatic hydroxyl groups is 2. The molecule has 3 heterocycles. The molecule has 1 aliphatic rings. The topological polar surface area (TPSA) is 77.7 Å². The van der Waals surface area contributed by atoms with Gasteiger partial charge in [-0.25, -0.2) is 0 Å². The van der Waals surface area contributed by atoms with Gasteiger partial charge in [-0.15, -0.1) is 0 Å². The minimum atomic E-state index is -0.0481. The maximum Gasteiger partial charge on any atom is 0.110 e. The Balaban J connectivity index is 1.82. The fraction of sp³-hybridized carbons (Fsp3) is 0.308. The minimum absolute atomic E-state index is 0.0481. The zero-order chi connectivity index (χ0) is 23.7. The normalized spacial score (nSPS) is 18.2. The minimum Gasteiger partial charge on any atom is -0.512 e. The van der Waals surface area contributed by atoms with Gasteiger partial charge in [-0.3, -0.25) is 14.6 Å². The zero-order valence-corrected chi connectivity index (χ0v) is 19.7. The Morgan fingerprint density at radius 1 is 1.12 bits per heavy atom. The molecule has 1 aliphatic heterocycles. The van der Waals surface area contributed by atoms with E-state index < -0.39 is 0 Å². The molecule has 2 N–H and O–H groups in total. The Labute approximate surface area is 194 Å². The van der Waals surface area contributed by atoms with Crippen LogP contribution in [-0.4, -0.2) is 55.6 Å². The third-order valence-corrected chi connectivity index (χ3v) is 6.06. The van der Waals surface area contributed by atoms with Crippen LogP contribution in [0.25, 0.3) is 22.0 Å². The molecule has 2 aromatic heterocycles. The van der Waals surface area contributed by atoms with Crippen LogP contribution in [0.3, 0.4) is 0 Å². The van der Waals surface area contributed by atoms with Gasteiger partial charge in [-0.1, -0.05) is 6.58 Å². The third kappa shape index (κ3) is 4.78. The van der Waals surface area contributed by atoms with Gasteiger partial charge in [-0.05, 0) is 45.0 Å². The predicted octanol–water partition coefficient (Wildman–Crippen LogP) is 4.95. The van der Waals surface area contributed by atoms with Gasteiger partial charge < -0.3 is 15.1 Å². The summed E-state index contributed by atoms with van der Waals surface area (Å²) < 4.78 is 1.78. The van der Waals surface area contributed by atoms with Crippen molar-refractivity contribution < 1.29 is 10.2 Å². The molecule has 0 unspecified atom stereocenters. The van der Waals surface area contributed by atoms with Gasteiger partial charge >= 0.3 is 0 Å². The largest absolute Gasteiger partial charge is 0.512 e. The smallest absolute Gasteiger partial charge is 0.110 e. The van der Waals surface area contributed by atoms with Crippen LogP contribution in [0.5, 0.6) is 0 Å². The molecular formula is C26H31N5O2. The molecule has 4 rings (SSSR count). The molecule has 7 heteroatoms.